The van der Waals surface area contributed by atoms with E-state index in [0.29, 0.717) is 6.54 Å². The van der Waals surface area contributed by atoms with Crippen molar-refractivity contribution in [1.82, 2.24) is 5.10 Å². The molecule has 0 saturated heterocycles. The van der Waals surface area contributed by atoms with Crippen LogP contribution in [0.15, 0.2) is 29.2 Å². The summed E-state index contributed by atoms with van der Waals surface area (Å²) in [4.78, 5) is -0.178. The number of benzene rings is 1. The zero-order valence-electron chi connectivity index (χ0n) is 12.1. The van der Waals surface area contributed by atoms with Gasteiger partial charge in [0.15, 0.2) is 11.6 Å². The second-order valence-electron chi connectivity index (χ2n) is 4.35. The first-order chi connectivity index (χ1) is 9.74. The standard InChI is InChI=1S/C7H8O3S.C6H11N2OS/c1-6-2-4-7(5-3-6)11(8,9)10;1-5-7-8(3-4-9)6(2)10-5/h2-5H,1H3,(H,8,9,10);9H,3-4H2,1-2H3/q;+1/p-1. The van der Waals surface area contributed by atoms with Crippen LogP contribution in [0, 0.1) is 20.8 Å². The van der Waals surface area contributed by atoms with E-state index in [4.69, 9.17) is 5.11 Å². The Kier molecular flexibility index (Phi) is 6.41. The molecule has 0 aliphatic carbocycles. The molecule has 0 atom stereocenters. The van der Waals surface area contributed by atoms with Crippen molar-refractivity contribution >= 4 is 21.5 Å². The first-order valence-electron chi connectivity index (χ1n) is 6.21. The number of hydrogen-bond donors (Lipinski definition) is 1. The van der Waals surface area contributed by atoms with Crippen LogP contribution in [0.4, 0.5) is 0 Å². The summed E-state index contributed by atoms with van der Waals surface area (Å²) < 4.78 is 33.0. The normalized spacial score (nSPS) is 10.9. The molecule has 1 aromatic carbocycles. The van der Waals surface area contributed by atoms with Crippen LogP contribution in [0.5, 0.6) is 0 Å². The molecule has 0 unspecified atom stereocenters. The zero-order valence-corrected chi connectivity index (χ0v) is 13.7. The van der Waals surface area contributed by atoms with E-state index >= 15 is 0 Å². The van der Waals surface area contributed by atoms with Gasteiger partial charge in [-0.25, -0.2) is 8.42 Å². The predicted octanol–water partition coefficient (Wildman–Crippen LogP) is 0.939. The number of aromatic nitrogens is 2. The minimum absolute atomic E-state index is 0.161. The maximum Gasteiger partial charge on any atom is 0.262 e. The molecule has 0 fully saturated rings. The number of nitrogens with zero attached hydrogens (tertiary/aromatic N) is 2. The van der Waals surface area contributed by atoms with Gasteiger partial charge in [0, 0.05) is 12.0 Å². The monoisotopic (exact) mass is 330 g/mol. The Balaban J connectivity index is 0.000000211. The van der Waals surface area contributed by atoms with Gasteiger partial charge in [-0.15, -0.1) is 0 Å². The molecule has 0 saturated carbocycles. The Morgan fingerprint density at radius 2 is 1.81 bits per heavy atom. The third kappa shape index (κ3) is 5.88. The number of hydrogen-bond acceptors (Lipinski definition) is 6. The summed E-state index contributed by atoms with van der Waals surface area (Å²) in [6.45, 7) is 6.55. The minimum Gasteiger partial charge on any atom is -0.744 e. The number of aliphatic hydroxyl groups excluding tert-OH is 1. The van der Waals surface area contributed by atoms with Gasteiger partial charge in [0.1, 0.15) is 16.7 Å². The van der Waals surface area contributed by atoms with Crippen molar-refractivity contribution in [3.8, 4) is 0 Å². The van der Waals surface area contributed by atoms with Crippen LogP contribution in [0.25, 0.3) is 0 Å². The van der Waals surface area contributed by atoms with Crippen LogP contribution >= 0.6 is 11.3 Å². The van der Waals surface area contributed by atoms with Crippen LogP contribution in [0.2, 0.25) is 0 Å². The van der Waals surface area contributed by atoms with Crippen molar-refractivity contribution in [2.24, 2.45) is 0 Å². The van der Waals surface area contributed by atoms with Gasteiger partial charge in [-0.05, 0) is 26.0 Å². The lowest BCUT2D eigenvalue weighted by Crippen LogP contribution is -2.39. The van der Waals surface area contributed by atoms with Gasteiger partial charge >= 0.3 is 0 Å². The molecular weight excluding hydrogens is 312 g/mol. The fourth-order valence-corrected chi connectivity index (χ4v) is 2.81. The summed E-state index contributed by atoms with van der Waals surface area (Å²) in [6.07, 6.45) is 0. The van der Waals surface area contributed by atoms with Gasteiger partial charge in [0.25, 0.3) is 5.01 Å². The lowest BCUT2D eigenvalue weighted by molar-refractivity contribution is -0.755. The lowest BCUT2D eigenvalue weighted by atomic mass is 10.2. The lowest BCUT2D eigenvalue weighted by Gasteiger charge is -2.05. The highest BCUT2D eigenvalue weighted by molar-refractivity contribution is 7.85. The molecule has 21 heavy (non-hydrogen) atoms. The topological polar surface area (TPSA) is 94.2 Å². The molecule has 0 aliphatic heterocycles. The highest BCUT2D eigenvalue weighted by Crippen LogP contribution is 2.08. The van der Waals surface area contributed by atoms with Crippen LogP contribution in [-0.2, 0) is 16.7 Å². The number of aliphatic hydroxyl groups is 1. The maximum atomic E-state index is 10.4. The van der Waals surface area contributed by atoms with Gasteiger partial charge < -0.3 is 9.66 Å². The van der Waals surface area contributed by atoms with Crippen LogP contribution in [0.3, 0.4) is 0 Å². The summed E-state index contributed by atoms with van der Waals surface area (Å²) in [5.74, 6) is 0. The average molecular weight is 330 g/mol. The van der Waals surface area contributed by atoms with Crippen molar-refractivity contribution in [2.45, 2.75) is 32.2 Å². The molecule has 0 amide bonds. The molecule has 1 N–H and O–H groups in total. The number of rotatable bonds is 3. The largest absolute Gasteiger partial charge is 0.744 e. The van der Waals surface area contributed by atoms with E-state index < -0.39 is 10.1 Å². The highest BCUT2D eigenvalue weighted by Gasteiger charge is 2.10. The summed E-state index contributed by atoms with van der Waals surface area (Å²) >= 11 is 1.65. The molecule has 0 radical (unpaired) electrons. The molecule has 0 bridgehead atoms. The van der Waals surface area contributed by atoms with Crippen molar-refractivity contribution in [3.05, 3.63) is 39.8 Å². The summed E-state index contributed by atoms with van der Waals surface area (Å²) in [5.41, 5.74) is 0.928. The van der Waals surface area contributed by atoms with Crippen LogP contribution in [0.1, 0.15) is 15.6 Å². The van der Waals surface area contributed by atoms with E-state index in [9.17, 15) is 13.0 Å². The Labute approximate surface area is 128 Å². The van der Waals surface area contributed by atoms with Crippen molar-refractivity contribution in [1.29, 1.82) is 0 Å². The zero-order chi connectivity index (χ0) is 16.0. The first kappa shape index (κ1) is 17.7. The van der Waals surface area contributed by atoms with Crippen molar-refractivity contribution in [3.63, 3.8) is 0 Å². The Hall–Kier alpha value is -1.35. The minimum atomic E-state index is -4.27. The predicted molar refractivity (Wildman–Crippen MR) is 78.0 cm³/mol. The van der Waals surface area contributed by atoms with E-state index in [1.54, 1.807) is 23.5 Å². The van der Waals surface area contributed by atoms with E-state index in [0.717, 1.165) is 15.6 Å². The van der Waals surface area contributed by atoms with E-state index in [1.807, 2.05) is 25.5 Å². The van der Waals surface area contributed by atoms with Gasteiger partial charge in [0.2, 0.25) is 0 Å². The third-order valence-electron chi connectivity index (χ3n) is 2.54. The summed E-state index contributed by atoms with van der Waals surface area (Å²) in [7, 11) is -4.27. The number of aryl methyl sites for hydroxylation is 3. The van der Waals surface area contributed by atoms with Gasteiger partial charge in [-0.3, -0.25) is 0 Å². The highest BCUT2D eigenvalue weighted by atomic mass is 32.2. The second-order valence-corrected chi connectivity index (χ2v) is 7.12. The third-order valence-corrected chi connectivity index (χ3v) is 4.27. The van der Waals surface area contributed by atoms with Crippen LogP contribution in [-0.4, -0.2) is 29.8 Å². The smallest absolute Gasteiger partial charge is 0.262 e. The quantitative estimate of drug-likeness (QED) is 0.667. The molecule has 1 aromatic heterocycles. The van der Waals surface area contributed by atoms with Crippen molar-refractivity contribution in [2.75, 3.05) is 6.61 Å². The van der Waals surface area contributed by atoms with Gasteiger partial charge in [0.05, 0.1) is 4.90 Å². The first-order valence-corrected chi connectivity index (χ1v) is 8.44. The molecule has 0 aliphatic rings. The van der Waals surface area contributed by atoms with Gasteiger partial charge in [-0.2, -0.15) is 0 Å². The van der Waals surface area contributed by atoms with Crippen LogP contribution < -0.4 is 4.68 Å². The molecule has 6 nitrogen and oxygen atoms in total. The SMILES string of the molecule is Cc1ccc(S(=O)(=O)[O-])cc1.Cc1n[n+](CCO)c(C)s1. The molecule has 1 heterocycles. The summed E-state index contributed by atoms with van der Waals surface area (Å²) in [5, 5.41) is 15.0. The van der Waals surface area contributed by atoms with E-state index in [2.05, 4.69) is 5.10 Å². The Bertz CT molecular complexity index is 679. The fraction of sp³-hybridized carbons (Fsp3) is 0.385. The Morgan fingerprint density at radius 3 is 2.19 bits per heavy atom. The average Bonchev–Trinajstić information content (AvgIpc) is 2.68. The molecule has 8 heteroatoms. The van der Waals surface area contributed by atoms with Gasteiger partial charge in [-0.1, -0.05) is 33.7 Å². The molecule has 0 spiro atoms. The Morgan fingerprint density at radius 1 is 1.24 bits per heavy atom. The maximum absolute atomic E-state index is 10.4. The van der Waals surface area contributed by atoms with Crippen molar-refractivity contribution < 1.29 is 22.8 Å². The van der Waals surface area contributed by atoms with E-state index in [1.165, 1.54) is 12.1 Å². The molecular formula is C13H18N2O4S2. The molecule has 116 valence electrons. The second kappa shape index (κ2) is 7.60. The molecule has 2 aromatic rings. The molecule has 2 rings (SSSR count). The van der Waals surface area contributed by atoms with E-state index in [-0.39, 0.29) is 11.5 Å². The summed E-state index contributed by atoms with van der Waals surface area (Å²) in [6, 6.07) is 5.78. The fourth-order valence-electron chi connectivity index (χ4n) is 1.53.